The Morgan fingerprint density at radius 3 is 2.94 bits per heavy atom. The summed E-state index contributed by atoms with van der Waals surface area (Å²) in [5.41, 5.74) is 7.34. The third kappa shape index (κ3) is 1.86. The molecule has 92 valence electrons. The normalized spacial score (nSPS) is 11.2. The van der Waals surface area contributed by atoms with Gasteiger partial charge >= 0.3 is 0 Å². The predicted octanol–water partition coefficient (Wildman–Crippen LogP) is 2.12. The highest BCUT2D eigenvalue weighted by atomic mass is 79.9. The first-order valence-electron chi connectivity index (χ1n) is 5.32. The van der Waals surface area contributed by atoms with Crippen LogP contribution in [0.3, 0.4) is 0 Å². The maximum Gasteiger partial charge on any atom is 0.214 e. The van der Waals surface area contributed by atoms with Gasteiger partial charge < -0.3 is 10.2 Å². The third-order valence-corrected chi connectivity index (χ3v) is 2.98. The van der Waals surface area contributed by atoms with Crippen LogP contribution < -0.4 is 5.73 Å². The number of fused-ring (bicyclic) bond motifs is 1. The van der Waals surface area contributed by atoms with Crippen molar-refractivity contribution in [3.8, 4) is 0 Å². The molecule has 0 aliphatic heterocycles. The molecular weight excluding hydrogens is 298 g/mol. The smallest absolute Gasteiger partial charge is 0.214 e. The lowest BCUT2D eigenvalue weighted by Gasteiger charge is -2.02. The second kappa shape index (κ2) is 4.09. The molecule has 6 nitrogen and oxygen atoms in total. The zero-order valence-electron chi connectivity index (χ0n) is 9.59. The third-order valence-electron chi connectivity index (χ3n) is 2.54. The first-order chi connectivity index (χ1) is 8.63. The van der Waals surface area contributed by atoms with E-state index in [2.05, 4.69) is 30.9 Å². The highest BCUT2D eigenvalue weighted by molar-refractivity contribution is 9.10. The fraction of sp³-hybridized carbons (Fsp3) is 0.182. The van der Waals surface area contributed by atoms with E-state index in [4.69, 9.17) is 10.2 Å². The van der Waals surface area contributed by atoms with Crippen LogP contribution in [0, 0.1) is 6.92 Å². The second-order valence-corrected chi connectivity index (χ2v) is 4.83. The van der Waals surface area contributed by atoms with E-state index in [1.807, 2.05) is 13.0 Å². The van der Waals surface area contributed by atoms with Gasteiger partial charge in [-0.3, -0.25) is 4.57 Å². The van der Waals surface area contributed by atoms with E-state index in [0.717, 1.165) is 15.7 Å². The van der Waals surface area contributed by atoms with Gasteiger partial charge in [0.15, 0.2) is 5.65 Å². The number of anilines is 1. The molecule has 0 unspecified atom stereocenters. The Hall–Kier alpha value is -1.89. The van der Waals surface area contributed by atoms with Crippen LogP contribution in [0.15, 0.2) is 27.3 Å². The number of aryl methyl sites for hydroxylation is 1. The molecule has 0 aromatic carbocycles. The van der Waals surface area contributed by atoms with E-state index in [1.165, 1.54) is 0 Å². The van der Waals surface area contributed by atoms with Crippen molar-refractivity contribution in [2.75, 3.05) is 5.73 Å². The number of nitrogen functional groups attached to an aromatic ring is 1. The van der Waals surface area contributed by atoms with Gasteiger partial charge in [-0.15, -0.1) is 0 Å². The van der Waals surface area contributed by atoms with Crippen molar-refractivity contribution in [3.05, 3.63) is 34.6 Å². The van der Waals surface area contributed by atoms with Gasteiger partial charge in [-0.2, -0.15) is 0 Å². The Bertz CT molecular complexity index is 717. The number of oxazole rings is 1. The Balaban J connectivity index is 2.08. The number of hydrogen-bond donors (Lipinski definition) is 1. The zero-order chi connectivity index (χ0) is 12.7. The second-order valence-electron chi connectivity index (χ2n) is 3.92. The minimum Gasteiger partial charge on any atom is -0.444 e. The van der Waals surface area contributed by atoms with Crippen molar-refractivity contribution in [2.45, 2.75) is 13.5 Å². The van der Waals surface area contributed by atoms with Crippen LogP contribution in [-0.4, -0.2) is 19.5 Å². The fourth-order valence-corrected chi connectivity index (χ4v) is 2.09. The topological polar surface area (TPSA) is 82.8 Å². The summed E-state index contributed by atoms with van der Waals surface area (Å²) < 4.78 is 8.07. The monoisotopic (exact) mass is 307 g/mol. The highest BCUT2D eigenvalue weighted by Gasteiger charge is 2.12. The number of rotatable bonds is 2. The van der Waals surface area contributed by atoms with Crippen molar-refractivity contribution in [1.82, 2.24) is 19.5 Å². The van der Waals surface area contributed by atoms with E-state index in [-0.39, 0.29) is 0 Å². The molecular formula is C11H10BrN5O. The number of aromatic nitrogens is 4. The molecule has 3 rings (SSSR count). The molecule has 0 bridgehead atoms. The van der Waals surface area contributed by atoms with Crippen molar-refractivity contribution >= 4 is 33.0 Å². The largest absolute Gasteiger partial charge is 0.444 e. The van der Waals surface area contributed by atoms with Gasteiger partial charge in [0.1, 0.15) is 17.8 Å². The summed E-state index contributed by atoms with van der Waals surface area (Å²) in [4.78, 5) is 12.7. The summed E-state index contributed by atoms with van der Waals surface area (Å²) in [5.74, 6) is 1.75. The van der Waals surface area contributed by atoms with Gasteiger partial charge in [0.25, 0.3) is 0 Å². The highest BCUT2D eigenvalue weighted by Crippen LogP contribution is 2.20. The Labute approximate surface area is 111 Å². The van der Waals surface area contributed by atoms with Crippen LogP contribution in [0.4, 0.5) is 5.95 Å². The number of halogens is 1. The molecule has 3 aromatic heterocycles. The molecule has 18 heavy (non-hydrogen) atoms. The zero-order valence-corrected chi connectivity index (χ0v) is 11.2. The van der Waals surface area contributed by atoms with E-state index in [9.17, 15) is 0 Å². The Kier molecular flexibility index (Phi) is 2.55. The number of imidazole rings is 1. The summed E-state index contributed by atoms with van der Waals surface area (Å²) in [7, 11) is 0. The molecule has 3 aromatic rings. The van der Waals surface area contributed by atoms with Gasteiger partial charge in [0.2, 0.25) is 11.8 Å². The average molecular weight is 308 g/mol. The SMILES string of the molecule is Cc1cnc(Cn2c(N)nc3cc(Br)cnc32)o1. The minimum absolute atomic E-state index is 0.395. The van der Waals surface area contributed by atoms with E-state index in [1.54, 1.807) is 17.0 Å². The standard InChI is InChI=1S/C11H10BrN5O/c1-6-3-14-9(18-6)5-17-10-8(16-11(17)13)2-7(12)4-15-10/h2-4H,5H2,1H3,(H2,13,16). The average Bonchev–Trinajstić information content (AvgIpc) is 2.84. The Morgan fingerprint density at radius 1 is 1.39 bits per heavy atom. The fourth-order valence-electron chi connectivity index (χ4n) is 1.77. The molecule has 7 heteroatoms. The van der Waals surface area contributed by atoms with Crippen molar-refractivity contribution in [1.29, 1.82) is 0 Å². The van der Waals surface area contributed by atoms with Crippen LogP contribution in [0.2, 0.25) is 0 Å². The van der Waals surface area contributed by atoms with Crippen LogP contribution in [0.1, 0.15) is 11.7 Å². The Morgan fingerprint density at radius 2 is 2.22 bits per heavy atom. The summed E-state index contributed by atoms with van der Waals surface area (Å²) in [6.45, 7) is 2.27. The molecule has 0 aliphatic carbocycles. The van der Waals surface area contributed by atoms with E-state index in [0.29, 0.717) is 24.0 Å². The molecule has 0 fully saturated rings. The van der Waals surface area contributed by atoms with Gasteiger partial charge in [0, 0.05) is 10.7 Å². The molecule has 2 N–H and O–H groups in total. The lowest BCUT2D eigenvalue weighted by molar-refractivity contribution is 0.460. The van der Waals surface area contributed by atoms with Crippen molar-refractivity contribution < 1.29 is 4.42 Å². The maximum absolute atomic E-state index is 5.89. The minimum atomic E-state index is 0.395. The molecule has 3 heterocycles. The quantitative estimate of drug-likeness (QED) is 0.784. The van der Waals surface area contributed by atoms with E-state index >= 15 is 0 Å². The predicted molar refractivity (Wildman–Crippen MR) is 70.0 cm³/mol. The van der Waals surface area contributed by atoms with Crippen molar-refractivity contribution in [3.63, 3.8) is 0 Å². The van der Waals surface area contributed by atoms with E-state index < -0.39 is 0 Å². The van der Waals surface area contributed by atoms with Gasteiger partial charge in [-0.05, 0) is 28.9 Å². The van der Waals surface area contributed by atoms with Crippen molar-refractivity contribution in [2.24, 2.45) is 0 Å². The number of nitrogens with two attached hydrogens (primary N) is 1. The summed E-state index contributed by atoms with van der Waals surface area (Å²) in [5, 5.41) is 0. The molecule has 0 spiro atoms. The number of hydrogen-bond acceptors (Lipinski definition) is 5. The molecule has 0 saturated heterocycles. The summed E-state index contributed by atoms with van der Waals surface area (Å²) in [6.07, 6.45) is 3.38. The number of nitrogens with zero attached hydrogens (tertiary/aromatic N) is 4. The van der Waals surface area contributed by atoms with Crippen LogP contribution in [0.25, 0.3) is 11.2 Å². The van der Waals surface area contributed by atoms with Gasteiger partial charge in [0.05, 0.1) is 6.20 Å². The lowest BCUT2D eigenvalue weighted by Crippen LogP contribution is -2.05. The molecule has 0 radical (unpaired) electrons. The van der Waals surface area contributed by atoms with Gasteiger partial charge in [-0.1, -0.05) is 0 Å². The van der Waals surface area contributed by atoms with Gasteiger partial charge in [-0.25, -0.2) is 15.0 Å². The molecule has 0 atom stereocenters. The van der Waals surface area contributed by atoms with Crippen LogP contribution >= 0.6 is 15.9 Å². The molecule has 0 saturated carbocycles. The molecule has 0 amide bonds. The molecule has 0 aliphatic rings. The first kappa shape index (κ1) is 11.2. The summed E-state index contributed by atoms with van der Waals surface area (Å²) >= 11 is 3.35. The number of pyridine rings is 1. The lowest BCUT2D eigenvalue weighted by atomic mass is 10.4. The van der Waals surface area contributed by atoms with Crippen LogP contribution in [-0.2, 0) is 6.54 Å². The van der Waals surface area contributed by atoms with Crippen LogP contribution in [0.5, 0.6) is 0 Å². The summed E-state index contributed by atoms with van der Waals surface area (Å²) in [6, 6.07) is 1.87. The first-order valence-corrected chi connectivity index (χ1v) is 6.11. The maximum atomic E-state index is 5.89.